The predicted octanol–water partition coefficient (Wildman–Crippen LogP) is 4.19. The number of rotatable bonds is 5. The maximum Gasteiger partial charge on any atom is 0.138 e. The van der Waals surface area contributed by atoms with Gasteiger partial charge in [-0.25, -0.2) is 18.7 Å². The second-order valence-corrected chi connectivity index (χ2v) is 7.88. The van der Waals surface area contributed by atoms with Crippen LogP contribution in [0.2, 0.25) is 0 Å². The largest absolute Gasteiger partial charge is 0.354 e. The summed E-state index contributed by atoms with van der Waals surface area (Å²) in [5.41, 5.74) is 1.79. The molecule has 1 aliphatic rings. The molecule has 0 unspecified atom stereocenters. The Balaban J connectivity index is 1.50. The fourth-order valence-corrected chi connectivity index (χ4v) is 3.73. The number of nitrogens with one attached hydrogen (secondary N) is 1. The van der Waals surface area contributed by atoms with E-state index in [4.69, 9.17) is 0 Å². The number of piperazine rings is 1. The van der Waals surface area contributed by atoms with Gasteiger partial charge in [0, 0.05) is 62.3 Å². The van der Waals surface area contributed by atoms with Crippen molar-refractivity contribution in [2.24, 2.45) is 5.92 Å². The van der Waals surface area contributed by atoms with Gasteiger partial charge in [-0.15, -0.1) is 0 Å². The first-order valence-corrected chi connectivity index (χ1v) is 9.93. The minimum atomic E-state index is -0.618. The van der Waals surface area contributed by atoms with E-state index in [9.17, 15) is 8.78 Å². The number of benzene rings is 1. The number of nitrogens with zero attached hydrogens (tertiary/aromatic N) is 4. The standard InChI is InChI=1S/C22H25F2N5/c1-15(2)14-28-5-7-29(8-6-28)21-11-16(3-4-25-21)22-26-13-20(27-22)17-9-18(23)12-19(24)10-17/h3-4,9-13,15H,5-8,14H2,1-2H3,(H,26,27). The summed E-state index contributed by atoms with van der Waals surface area (Å²) in [5, 5.41) is 0. The summed E-state index contributed by atoms with van der Waals surface area (Å²) in [6.07, 6.45) is 3.43. The van der Waals surface area contributed by atoms with Crippen molar-refractivity contribution >= 4 is 5.82 Å². The Morgan fingerprint density at radius 2 is 1.72 bits per heavy atom. The van der Waals surface area contributed by atoms with E-state index in [0.717, 1.165) is 50.2 Å². The van der Waals surface area contributed by atoms with Gasteiger partial charge in [-0.3, -0.25) is 4.90 Å². The van der Waals surface area contributed by atoms with Gasteiger partial charge in [0.2, 0.25) is 0 Å². The van der Waals surface area contributed by atoms with Crippen LogP contribution in [0.25, 0.3) is 22.6 Å². The molecular formula is C22H25F2N5. The highest BCUT2D eigenvalue weighted by molar-refractivity contribution is 5.66. The van der Waals surface area contributed by atoms with Crippen molar-refractivity contribution in [2.75, 3.05) is 37.6 Å². The molecule has 1 N–H and O–H groups in total. The van der Waals surface area contributed by atoms with Crippen LogP contribution in [0.5, 0.6) is 0 Å². The molecule has 3 heterocycles. The average molecular weight is 397 g/mol. The molecule has 0 aliphatic carbocycles. The molecule has 0 saturated carbocycles. The quantitative estimate of drug-likeness (QED) is 0.701. The summed E-state index contributed by atoms with van der Waals surface area (Å²) in [6, 6.07) is 7.29. The molecule has 7 heteroatoms. The topological polar surface area (TPSA) is 48.0 Å². The lowest BCUT2D eigenvalue weighted by Crippen LogP contribution is -2.47. The molecular weight excluding hydrogens is 372 g/mol. The van der Waals surface area contributed by atoms with E-state index in [1.165, 1.54) is 12.1 Å². The van der Waals surface area contributed by atoms with E-state index in [-0.39, 0.29) is 0 Å². The van der Waals surface area contributed by atoms with Crippen molar-refractivity contribution in [1.29, 1.82) is 0 Å². The van der Waals surface area contributed by atoms with Gasteiger partial charge in [-0.1, -0.05) is 13.8 Å². The first kappa shape index (κ1) is 19.5. The number of anilines is 1. The van der Waals surface area contributed by atoms with E-state index < -0.39 is 11.6 Å². The van der Waals surface area contributed by atoms with Gasteiger partial charge < -0.3 is 9.88 Å². The van der Waals surface area contributed by atoms with E-state index in [2.05, 4.69) is 38.6 Å². The van der Waals surface area contributed by atoms with Crippen molar-refractivity contribution in [3.8, 4) is 22.6 Å². The molecule has 0 amide bonds. The normalized spacial score (nSPS) is 15.3. The molecule has 1 saturated heterocycles. The van der Waals surface area contributed by atoms with E-state index in [1.54, 1.807) is 12.4 Å². The van der Waals surface area contributed by atoms with Crippen LogP contribution in [-0.2, 0) is 0 Å². The van der Waals surface area contributed by atoms with E-state index in [1.807, 2.05) is 12.1 Å². The maximum absolute atomic E-state index is 13.5. The monoisotopic (exact) mass is 397 g/mol. The maximum atomic E-state index is 13.5. The van der Waals surface area contributed by atoms with Crippen molar-refractivity contribution in [3.05, 3.63) is 54.4 Å². The first-order chi connectivity index (χ1) is 14.0. The van der Waals surface area contributed by atoms with Crippen LogP contribution in [-0.4, -0.2) is 52.6 Å². The molecule has 0 bridgehead atoms. The Morgan fingerprint density at radius 3 is 2.41 bits per heavy atom. The van der Waals surface area contributed by atoms with Gasteiger partial charge in [0.15, 0.2) is 0 Å². The van der Waals surface area contributed by atoms with Crippen LogP contribution < -0.4 is 4.90 Å². The molecule has 5 nitrogen and oxygen atoms in total. The number of aromatic amines is 1. The number of halogens is 2. The summed E-state index contributed by atoms with van der Waals surface area (Å²) in [4.78, 5) is 16.9. The summed E-state index contributed by atoms with van der Waals surface area (Å²) < 4.78 is 27.0. The molecule has 29 heavy (non-hydrogen) atoms. The molecule has 0 radical (unpaired) electrons. The predicted molar refractivity (Wildman–Crippen MR) is 111 cm³/mol. The summed E-state index contributed by atoms with van der Waals surface area (Å²) in [5.74, 6) is 0.996. The Hall–Kier alpha value is -2.80. The molecule has 2 aromatic heterocycles. The Kier molecular flexibility index (Phi) is 5.58. The fourth-order valence-electron chi connectivity index (χ4n) is 3.73. The van der Waals surface area contributed by atoms with Crippen LogP contribution >= 0.6 is 0 Å². The SMILES string of the molecule is CC(C)CN1CCN(c2cc(-c3nc(-c4cc(F)cc(F)c4)c[nH]3)ccn2)CC1. The zero-order valence-corrected chi connectivity index (χ0v) is 16.7. The van der Waals surface area contributed by atoms with Crippen LogP contribution in [0.4, 0.5) is 14.6 Å². The third-order valence-corrected chi connectivity index (χ3v) is 5.07. The van der Waals surface area contributed by atoms with Crippen molar-refractivity contribution in [3.63, 3.8) is 0 Å². The molecule has 4 rings (SSSR count). The highest BCUT2D eigenvalue weighted by atomic mass is 19.1. The lowest BCUT2D eigenvalue weighted by Gasteiger charge is -2.36. The minimum Gasteiger partial charge on any atom is -0.354 e. The number of pyridine rings is 1. The number of hydrogen-bond donors (Lipinski definition) is 1. The number of imidazole rings is 1. The smallest absolute Gasteiger partial charge is 0.138 e. The molecule has 1 fully saturated rings. The lowest BCUT2D eigenvalue weighted by molar-refractivity contribution is 0.231. The molecule has 152 valence electrons. The molecule has 0 spiro atoms. The van der Waals surface area contributed by atoms with Gasteiger partial charge in [-0.05, 0) is 30.2 Å². The lowest BCUT2D eigenvalue weighted by atomic mass is 10.1. The number of hydrogen-bond acceptors (Lipinski definition) is 4. The zero-order valence-electron chi connectivity index (χ0n) is 16.7. The van der Waals surface area contributed by atoms with Crippen LogP contribution in [0.3, 0.4) is 0 Å². The van der Waals surface area contributed by atoms with Gasteiger partial charge in [0.25, 0.3) is 0 Å². The Bertz CT molecular complexity index is 957. The van der Waals surface area contributed by atoms with Crippen LogP contribution in [0, 0.1) is 17.6 Å². The van der Waals surface area contributed by atoms with Crippen LogP contribution in [0.15, 0.2) is 42.7 Å². The highest BCUT2D eigenvalue weighted by Gasteiger charge is 2.19. The fraction of sp³-hybridized carbons (Fsp3) is 0.364. The molecule has 0 atom stereocenters. The third-order valence-electron chi connectivity index (χ3n) is 5.07. The van der Waals surface area contributed by atoms with Crippen molar-refractivity contribution in [2.45, 2.75) is 13.8 Å². The molecule has 3 aromatic rings. The highest BCUT2D eigenvalue weighted by Crippen LogP contribution is 2.26. The minimum absolute atomic E-state index is 0.403. The summed E-state index contributed by atoms with van der Waals surface area (Å²) in [7, 11) is 0. The number of H-pyrrole nitrogens is 1. The van der Waals surface area contributed by atoms with Gasteiger partial charge in [0.1, 0.15) is 23.3 Å². The number of aromatic nitrogens is 3. The van der Waals surface area contributed by atoms with E-state index >= 15 is 0 Å². The first-order valence-electron chi connectivity index (χ1n) is 9.93. The van der Waals surface area contributed by atoms with Gasteiger partial charge >= 0.3 is 0 Å². The second-order valence-electron chi connectivity index (χ2n) is 7.88. The van der Waals surface area contributed by atoms with Crippen molar-refractivity contribution < 1.29 is 8.78 Å². The second kappa shape index (κ2) is 8.29. The summed E-state index contributed by atoms with van der Waals surface area (Å²) in [6.45, 7) is 9.54. The van der Waals surface area contributed by atoms with E-state index in [0.29, 0.717) is 23.0 Å². The third kappa shape index (κ3) is 4.62. The molecule has 1 aliphatic heterocycles. The molecule has 1 aromatic carbocycles. The Labute approximate surface area is 169 Å². The Morgan fingerprint density at radius 1 is 1.00 bits per heavy atom. The average Bonchev–Trinajstić information content (AvgIpc) is 3.18. The van der Waals surface area contributed by atoms with Gasteiger partial charge in [-0.2, -0.15) is 0 Å². The van der Waals surface area contributed by atoms with Crippen LogP contribution in [0.1, 0.15) is 13.8 Å². The zero-order chi connectivity index (χ0) is 20.4. The summed E-state index contributed by atoms with van der Waals surface area (Å²) >= 11 is 0. The van der Waals surface area contributed by atoms with Gasteiger partial charge in [0.05, 0.1) is 5.69 Å². The van der Waals surface area contributed by atoms with Crippen molar-refractivity contribution in [1.82, 2.24) is 19.9 Å².